The minimum absolute atomic E-state index is 0.0205. The first-order valence-electron chi connectivity index (χ1n) is 49.3. The molecule has 7 aromatic rings. The summed E-state index contributed by atoms with van der Waals surface area (Å²) in [5, 5.41) is 42.3. The highest BCUT2D eigenvalue weighted by atomic mass is 32.2. The zero-order valence-electron chi connectivity index (χ0n) is 83.4. The van der Waals surface area contributed by atoms with E-state index in [1.54, 1.807) is 19.1 Å². The number of benzene rings is 6. The lowest BCUT2D eigenvalue weighted by Crippen LogP contribution is -2.58. The number of halogens is 6. The lowest BCUT2D eigenvalue weighted by molar-refractivity contribution is -0.138. The van der Waals surface area contributed by atoms with Gasteiger partial charge in [0.25, 0.3) is 5.91 Å². The van der Waals surface area contributed by atoms with Crippen molar-refractivity contribution >= 4 is 70.9 Å². The smallest absolute Gasteiger partial charge is 0.253 e. The summed E-state index contributed by atoms with van der Waals surface area (Å²) in [6.07, 6.45) is 9.02. The van der Waals surface area contributed by atoms with Crippen LogP contribution in [0.15, 0.2) is 152 Å². The van der Waals surface area contributed by atoms with Gasteiger partial charge in [-0.05, 0) is 201 Å². The van der Waals surface area contributed by atoms with Crippen molar-refractivity contribution in [3.8, 4) is 0 Å². The zero-order chi connectivity index (χ0) is 104. The molecule has 0 aliphatic heterocycles. The molecule has 141 heavy (non-hydrogen) atoms. The Morgan fingerprint density at radius 3 is 1.09 bits per heavy atom. The predicted octanol–water partition coefficient (Wildman–Crippen LogP) is 12.9. The van der Waals surface area contributed by atoms with Crippen LogP contribution in [0.25, 0.3) is 0 Å². The fraction of sp³-hybridized carbons (Fsp3) is 0.543. The molecule has 27 nitrogen and oxygen atoms in total. The van der Waals surface area contributed by atoms with E-state index in [9.17, 15) is 100 Å². The second-order valence-electron chi connectivity index (χ2n) is 36.9. The molecule has 1 aromatic heterocycles. The molecule has 0 spiro atoms. The first-order valence-corrected chi connectivity index (χ1v) is 54.5. The maximum atomic E-state index is 14.8. The topological polar surface area (TPSA) is 431 Å². The average Bonchev–Trinajstić information content (AvgIpc) is 1.58. The van der Waals surface area contributed by atoms with Crippen molar-refractivity contribution in [2.75, 3.05) is 43.4 Å². The highest BCUT2D eigenvalue weighted by Crippen LogP contribution is 2.52. The predicted molar refractivity (Wildman–Crippen MR) is 537 cm³/mol. The third-order valence-electron chi connectivity index (χ3n) is 25.0. The van der Waals surface area contributed by atoms with Gasteiger partial charge in [0.15, 0.2) is 29.5 Å². The molecule has 0 bridgehead atoms. The van der Waals surface area contributed by atoms with Gasteiger partial charge in [0.2, 0.25) is 35.4 Å². The van der Waals surface area contributed by atoms with Crippen LogP contribution in [0.3, 0.4) is 0 Å². The number of nitrogens with one attached hydrogen (secondary N) is 4. The number of amides is 7. The van der Waals surface area contributed by atoms with Crippen LogP contribution < -0.4 is 38.5 Å². The number of nitrogens with zero attached hydrogens (tertiary/aromatic N) is 4. The van der Waals surface area contributed by atoms with E-state index in [1.165, 1.54) is 40.1 Å². The van der Waals surface area contributed by atoms with Crippen molar-refractivity contribution in [3.63, 3.8) is 0 Å². The molecule has 9 atom stereocenters. The van der Waals surface area contributed by atoms with E-state index in [2.05, 4.69) is 26.3 Å². The number of carbonyl (C=O) groups excluding carboxylic acids is 7. The van der Waals surface area contributed by atoms with Gasteiger partial charge in [-0.15, -0.1) is 0 Å². The molecule has 1 fully saturated rings. The molecule has 1 heterocycles. The molecular formula is C105H149F6N11O16S3. The largest absolute Gasteiger partial charge is 0.390 e. The molecule has 7 amide bonds. The molecule has 13 N–H and O–H groups in total. The Morgan fingerprint density at radius 2 is 0.752 bits per heavy atom. The van der Waals surface area contributed by atoms with Gasteiger partial charge in [0.1, 0.15) is 53.0 Å². The number of pyridine rings is 1. The SMILES string of the molecule is CCCC(=O)N[C@H](CS(=O)(=O)C(CCC)CCC)C(=O)N(Cc1cccc(CC)c1)C[C@@H](O)[C@@H](N)Cc1cc(F)cc(F)c1.CCCC(CCC)S(=O)(=O)C[C@@H](NC(=O)CCCNC(C)=O)C(=O)N(Cc1cccc(CC)c1)C[C@@H](O)[C@@H](N)Cc1cc(F)cc(F)c1.CCCC(CCC)S(=O)(=O)C[C@@H](NC(=O)c1cccnc1)C(=O)N(C[C@@H](O)[C@@H](N)Cc1cc(F)cc(F)c1)C1(c2cccc(CC)c2)CC1. The van der Waals surface area contributed by atoms with Crippen LogP contribution in [-0.4, -0.2) is 215 Å². The first kappa shape index (κ1) is 120. The number of hydrogen-bond donors (Lipinski definition) is 10. The molecule has 0 saturated heterocycles. The highest BCUT2D eigenvalue weighted by molar-refractivity contribution is 7.92. The number of aliphatic hydroxyl groups is 3. The average molecular weight is 2030 g/mol. The molecular weight excluding hydrogens is 1880 g/mol. The molecule has 36 heteroatoms. The van der Waals surface area contributed by atoms with E-state index in [-0.39, 0.29) is 106 Å². The molecule has 0 radical (unpaired) electrons. The molecule has 6 aromatic carbocycles. The van der Waals surface area contributed by atoms with Gasteiger partial charge in [-0.1, -0.05) is 181 Å². The van der Waals surface area contributed by atoms with Crippen LogP contribution in [0.5, 0.6) is 0 Å². The summed E-state index contributed by atoms with van der Waals surface area (Å²) in [5.41, 5.74) is 24.2. The summed E-state index contributed by atoms with van der Waals surface area (Å²) in [7, 11) is -11.5. The second kappa shape index (κ2) is 59.3. The van der Waals surface area contributed by atoms with Crippen LogP contribution in [0.2, 0.25) is 0 Å². The van der Waals surface area contributed by atoms with Gasteiger partial charge in [-0.3, -0.25) is 38.5 Å². The van der Waals surface area contributed by atoms with Crippen molar-refractivity contribution in [3.05, 3.63) is 242 Å². The molecule has 1 aliphatic carbocycles. The Morgan fingerprint density at radius 1 is 0.411 bits per heavy atom. The summed E-state index contributed by atoms with van der Waals surface area (Å²) >= 11 is 0. The van der Waals surface area contributed by atoms with E-state index in [0.29, 0.717) is 102 Å². The monoisotopic (exact) mass is 2030 g/mol. The molecule has 780 valence electrons. The molecule has 0 unspecified atom stereocenters. The second-order valence-corrected chi connectivity index (χ2v) is 43.9. The third kappa shape index (κ3) is 39.5. The normalized spacial score (nSPS) is 14.4. The van der Waals surface area contributed by atoms with E-state index in [1.807, 2.05) is 129 Å². The molecule has 1 aliphatic rings. The minimum Gasteiger partial charge on any atom is -0.390 e. The number of nitrogens with two attached hydrogens (primary N) is 3. The summed E-state index contributed by atoms with van der Waals surface area (Å²) in [6, 6.07) is 27.4. The van der Waals surface area contributed by atoms with Crippen molar-refractivity contribution in [2.24, 2.45) is 17.2 Å². The minimum atomic E-state index is -3.88. The van der Waals surface area contributed by atoms with Gasteiger partial charge < -0.3 is 68.5 Å². The number of aryl methyl sites for hydroxylation is 3. The van der Waals surface area contributed by atoms with Crippen LogP contribution in [0.4, 0.5) is 26.3 Å². The summed E-state index contributed by atoms with van der Waals surface area (Å²) < 4.78 is 165. The lowest BCUT2D eigenvalue weighted by Gasteiger charge is -2.38. The fourth-order valence-corrected chi connectivity index (χ4v) is 23.8. The van der Waals surface area contributed by atoms with Gasteiger partial charge >= 0.3 is 0 Å². The summed E-state index contributed by atoms with van der Waals surface area (Å²) in [4.78, 5) is 102. The van der Waals surface area contributed by atoms with Crippen molar-refractivity contribution in [1.29, 1.82) is 0 Å². The third-order valence-corrected chi connectivity index (χ3v) is 31.9. The summed E-state index contributed by atoms with van der Waals surface area (Å²) in [6.45, 7) is 19.8. The Balaban J connectivity index is 0.000000325. The van der Waals surface area contributed by atoms with Crippen molar-refractivity contribution in [1.82, 2.24) is 41.0 Å². The number of carbonyl (C=O) groups is 7. The van der Waals surface area contributed by atoms with Gasteiger partial charge in [0.05, 0.1) is 62.4 Å². The van der Waals surface area contributed by atoms with Crippen molar-refractivity contribution in [2.45, 2.75) is 319 Å². The van der Waals surface area contributed by atoms with E-state index >= 15 is 0 Å². The number of rotatable bonds is 58. The lowest BCUT2D eigenvalue weighted by atomic mass is 9.96. The highest BCUT2D eigenvalue weighted by Gasteiger charge is 2.54. The van der Waals surface area contributed by atoms with Crippen LogP contribution in [0.1, 0.15) is 252 Å². The van der Waals surface area contributed by atoms with Crippen LogP contribution >= 0.6 is 0 Å². The Labute approximate surface area is 829 Å². The van der Waals surface area contributed by atoms with Gasteiger partial charge in [0, 0.05) is 108 Å². The molecule has 8 rings (SSSR count). The Kier molecular flexibility index (Phi) is 50.3. The van der Waals surface area contributed by atoms with Crippen LogP contribution in [-0.2, 0) is 115 Å². The van der Waals surface area contributed by atoms with Gasteiger partial charge in [-0.2, -0.15) is 0 Å². The first-order chi connectivity index (χ1) is 66.8. The summed E-state index contributed by atoms with van der Waals surface area (Å²) in [5.74, 6) is -10.5. The van der Waals surface area contributed by atoms with Crippen molar-refractivity contribution < 1.29 is 100 Å². The maximum absolute atomic E-state index is 14.8. The Hall–Kier alpha value is -10.1. The van der Waals surface area contributed by atoms with Gasteiger partial charge in [-0.25, -0.2) is 51.6 Å². The fourth-order valence-electron chi connectivity index (χ4n) is 17.4. The maximum Gasteiger partial charge on any atom is 0.253 e. The number of sulfone groups is 3. The zero-order valence-corrected chi connectivity index (χ0v) is 85.8. The van der Waals surface area contributed by atoms with Crippen LogP contribution in [0, 0.1) is 34.9 Å². The number of hydrogen-bond acceptors (Lipinski definition) is 20. The Bertz CT molecular complexity index is 5440. The standard InChI is InChI=1S/C37H48F2N4O5S.C35H52F2N4O6S.C33H49F2N3O5S/c1-4-9-31(10-5-2)49(47,48)24-33(42-35(45)27-12-8-16-41-22-27)36(46)43(37(14-15-37)28-13-7-11-25(6-3)17-28)23-34(44)32(40)20-26-18-29(38)21-30(39)19-26;1-5-10-30(11-6-2)48(46,47)23-32(40-34(44)14-9-15-39-24(4)42)35(45)41(21-26-13-8-12-25(7-3)16-26)22-33(43)31(38)19-27-17-28(36)20-29(37)18-27;1-5-10-28(11-6-2)44(42,43)22-30(37-32(40)12-7-3)33(41)38(20-24-14-9-13-23(8-4)15-24)21-31(39)29(36)18-25-16-26(34)19-27(35)17-25/h7-8,11-13,16-19,21-22,31-34,44H,4-6,9-10,14-15,20,23-24,40H2,1-3H3,(H,42,45);8,12-13,16-18,20,30-33,43H,5-7,9-11,14-15,19,21-23,38H2,1-4H3,(H,39,42)(H,40,44);9,13-17,19,28-31,39H,5-8,10-12,18,20-22,36H2,1-4H3,(H,37,40)/t32-,33+,34+;31-,32+,33+;29-,30+,31+/m000/s1. The number of aliphatic hydroxyl groups excluding tert-OH is 3. The van der Waals surface area contributed by atoms with E-state index in [0.717, 1.165) is 102 Å². The molecule has 1 saturated carbocycles. The number of aromatic nitrogens is 1. The van der Waals surface area contributed by atoms with E-state index < -0.39 is 193 Å². The van der Waals surface area contributed by atoms with E-state index in [4.69, 9.17) is 17.2 Å². The quantitative estimate of drug-likeness (QED) is 0.0125.